The molecule has 1 amide bonds. The van der Waals surface area contributed by atoms with Crippen LogP contribution in [0.25, 0.3) is 0 Å². The smallest absolute Gasteiger partial charge is 0.237 e. The van der Waals surface area contributed by atoms with Crippen molar-refractivity contribution in [1.82, 2.24) is 5.43 Å². The second-order valence-corrected chi connectivity index (χ2v) is 2.64. The molecule has 5 N–H and O–H groups in total. The maximum absolute atomic E-state index is 10.9. The van der Waals surface area contributed by atoms with E-state index < -0.39 is 0 Å². The lowest BCUT2D eigenvalue weighted by molar-refractivity contribution is -0.124. The molecule has 0 spiro atoms. The summed E-state index contributed by atoms with van der Waals surface area (Å²) in [5.74, 6) is 9.88. The molecule has 11 heavy (non-hydrogen) atoms. The number of nitrogens with one attached hydrogen (secondary N) is 1. The van der Waals surface area contributed by atoms with E-state index in [1.54, 1.807) is 0 Å². The third-order valence-corrected chi connectivity index (χ3v) is 1.96. The summed E-state index contributed by atoms with van der Waals surface area (Å²) in [5, 5.41) is 3.55. The highest BCUT2D eigenvalue weighted by molar-refractivity contribution is 5.92. The first-order valence-corrected chi connectivity index (χ1v) is 3.54. The van der Waals surface area contributed by atoms with E-state index >= 15 is 0 Å². The minimum atomic E-state index is -0.122. The standard InChI is InChI=1S/C6H12N4O/c7-9-5-2-1-4(3-5)6(11)10-8/h4H,1-3,7-8H2,(H,10,11)/b9-5-/t4-/m0/s1. The highest BCUT2D eigenvalue weighted by Crippen LogP contribution is 2.22. The fourth-order valence-corrected chi connectivity index (χ4v) is 1.29. The van der Waals surface area contributed by atoms with Gasteiger partial charge < -0.3 is 5.84 Å². The number of hydrazine groups is 1. The highest BCUT2D eigenvalue weighted by Gasteiger charge is 2.26. The molecule has 0 aromatic carbocycles. The van der Waals surface area contributed by atoms with Crippen LogP contribution in [-0.4, -0.2) is 11.6 Å². The van der Waals surface area contributed by atoms with E-state index in [9.17, 15) is 4.79 Å². The SMILES string of the molecule is N/N=C1/CC[C@H](C(=O)NN)C1. The summed E-state index contributed by atoms with van der Waals surface area (Å²) < 4.78 is 0. The number of carbonyl (C=O) groups excluding carboxylic acids is 1. The van der Waals surface area contributed by atoms with E-state index in [-0.39, 0.29) is 11.8 Å². The summed E-state index contributed by atoms with van der Waals surface area (Å²) in [6.07, 6.45) is 2.27. The van der Waals surface area contributed by atoms with Crippen LogP contribution in [-0.2, 0) is 4.79 Å². The molecule has 1 saturated carbocycles. The van der Waals surface area contributed by atoms with Gasteiger partial charge in [-0.15, -0.1) is 0 Å². The quantitative estimate of drug-likeness (QED) is 0.260. The molecule has 62 valence electrons. The average Bonchev–Trinajstić information content (AvgIpc) is 2.50. The van der Waals surface area contributed by atoms with Gasteiger partial charge in [-0.05, 0) is 19.3 Å². The highest BCUT2D eigenvalue weighted by atomic mass is 16.2. The second-order valence-electron chi connectivity index (χ2n) is 2.64. The fourth-order valence-electron chi connectivity index (χ4n) is 1.29. The molecule has 1 fully saturated rings. The Kier molecular flexibility index (Phi) is 2.43. The van der Waals surface area contributed by atoms with Crippen molar-refractivity contribution < 1.29 is 4.79 Å². The van der Waals surface area contributed by atoms with E-state index in [4.69, 9.17) is 11.7 Å². The minimum absolute atomic E-state index is 0.0256. The van der Waals surface area contributed by atoms with Crippen LogP contribution in [0.3, 0.4) is 0 Å². The van der Waals surface area contributed by atoms with Gasteiger partial charge in [-0.25, -0.2) is 5.84 Å². The molecule has 1 atom stereocenters. The van der Waals surface area contributed by atoms with Crippen molar-refractivity contribution in [1.29, 1.82) is 0 Å². The summed E-state index contributed by atoms with van der Waals surface area (Å²) in [5.41, 5.74) is 3.02. The number of carbonyl (C=O) groups is 1. The molecule has 5 heteroatoms. The van der Waals surface area contributed by atoms with Gasteiger partial charge in [-0.2, -0.15) is 5.10 Å². The van der Waals surface area contributed by atoms with Crippen molar-refractivity contribution in [2.75, 3.05) is 0 Å². The van der Waals surface area contributed by atoms with Gasteiger partial charge in [0.1, 0.15) is 0 Å². The molecular weight excluding hydrogens is 144 g/mol. The van der Waals surface area contributed by atoms with Gasteiger partial charge in [0.25, 0.3) is 0 Å². The molecule has 0 saturated heterocycles. The van der Waals surface area contributed by atoms with Crippen molar-refractivity contribution in [3.63, 3.8) is 0 Å². The third kappa shape index (κ3) is 1.68. The first-order chi connectivity index (χ1) is 5.27. The van der Waals surface area contributed by atoms with Crippen molar-refractivity contribution in [2.45, 2.75) is 19.3 Å². The maximum Gasteiger partial charge on any atom is 0.237 e. The van der Waals surface area contributed by atoms with Crippen molar-refractivity contribution in [2.24, 2.45) is 22.7 Å². The van der Waals surface area contributed by atoms with Gasteiger partial charge in [0.05, 0.1) is 0 Å². The third-order valence-electron chi connectivity index (χ3n) is 1.96. The van der Waals surface area contributed by atoms with Crippen molar-refractivity contribution >= 4 is 11.6 Å². The summed E-state index contributed by atoms with van der Waals surface area (Å²) in [6.45, 7) is 0. The molecule has 0 radical (unpaired) electrons. The lowest BCUT2D eigenvalue weighted by Gasteiger charge is -2.03. The predicted molar refractivity (Wildman–Crippen MR) is 41.3 cm³/mol. The normalized spacial score (nSPS) is 27.4. The van der Waals surface area contributed by atoms with Crippen LogP contribution in [0, 0.1) is 5.92 Å². The van der Waals surface area contributed by atoms with Gasteiger partial charge in [0, 0.05) is 11.6 Å². The Balaban J connectivity index is 2.48. The van der Waals surface area contributed by atoms with Gasteiger partial charge in [0.2, 0.25) is 5.91 Å². The summed E-state index contributed by atoms with van der Waals surface area (Å²) in [4.78, 5) is 10.9. The number of nitrogens with zero attached hydrogens (tertiary/aromatic N) is 1. The van der Waals surface area contributed by atoms with Crippen LogP contribution in [0.4, 0.5) is 0 Å². The van der Waals surface area contributed by atoms with Gasteiger partial charge in [0.15, 0.2) is 0 Å². The molecular formula is C6H12N4O. The molecule has 1 aliphatic rings. The average molecular weight is 156 g/mol. The summed E-state index contributed by atoms with van der Waals surface area (Å²) >= 11 is 0. The Bertz CT molecular complexity index is 189. The zero-order valence-corrected chi connectivity index (χ0v) is 6.21. The first-order valence-electron chi connectivity index (χ1n) is 3.54. The molecule has 1 aliphatic carbocycles. The van der Waals surface area contributed by atoms with Crippen LogP contribution in [0.1, 0.15) is 19.3 Å². The van der Waals surface area contributed by atoms with Crippen molar-refractivity contribution in [3.05, 3.63) is 0 Å². The number of rotatable bonds is 1. The Morgan fingerprint density at radius 1 is 1.73 bits per heavy atom. The topological polar surface area (TPSA) is 93.5 Å². The van der Waals surface area contributed by atoms with E-state index in [1.807, 2.05) is 0 Å². The molecule has 0 aromatic rings. The molecule has 5 nitrogen and oxygen atoms in total. The lowest BCUT2D eigenvalue weighted by Crippen LogP contribution is -2.34. The molecule has 0 unspecified atom stereocenters. The summed E-state index contributed by atoms with van der Waals surface area (Å²) in [6, 6.07) is 0. The van der Waals surface area contributed by atoms with E-state index in [0.717, 1.165) is 18.6 Å². The zero-order valence-electron chi connectivity index (χ0n) is 6.21. The predicted octanol–water partition coefficient (Wildman–Crippen LogP) is -0.909. The van der Waals surface area contributed by atoms with E-state index in [1.165, 1.54) is 0 Å². The van der Waals surface area contributed by atoms with Gasteiger partial charge in [-0.1, -0.05) is 0 Å². The van der Waals surface area contributed by atoms with E-state index in [0.29, 0.717) is 6.42 Å². The van der Waals surface area contributed by atoms with Crippen LogP contribution in [0.15, 0.2) is 5.10 Å². The lowest BCUT2D eigenvalue weighted by atomic mass is 10.1. The number of hydrogen-bond donors (Lipinski definition) is 3. The van der Waals surface area contributed by atoms with Crippen LogP contribution in [0.5, 0.6) is 0 Å². The van der Waals surface area contributed by atoms with E-state index in [2.05, 4.69) is 10.5 Å². The summed E-state index contributed by atoms with van der Waals surface area (Å²) in [7, 11) is 0. The number of hydrazone groups is 1. The molecule has 0 aromatic heterocycles. The van der Waals surface area contributed by atoms with Crippen molar-refractivity contribution in [3.8, 4) is 0 Å². The van der Waals surface area contributed by atoms with Gasteiger partial charge >= 0.3 is 0 Å². The molecule has 0 bridgehead atoms. The monoisotopic (exact) mass is 156 g/mol. The number of amides is 1. The Hall–Kier alpha value is -1.10. The maximum atomic E-state index is 10.9. The Morgan fingerprint density at radius 2 is 2.45 bits per heavy atom. The largest absolute Gasteiger partial charge is 0.323 e. The molecule has 1 rings (SSSR count). The zero-order chi connectivity index (χ0) is 8.27. The van der Waals surface area contributed by atoms with Crippen LogP contribution in [0.2, 0.25) is 0 Å². The Labute approximate surface area is 64.8 Å². The first kappa shape index (κ1) is 8.00. The van der Waals surface area contributed by atoms with Crippen LogP contribution < -0.4 is 17.1 Å². The fraction of sp³-hybridized carbons (Fsp3) is 0.667. The van der Waals surface area contributed by atoms with Gasteiger partial charge in [-0.3, -0.25) is 10.2 Å². The second kappa shape index (κ2) is 3.34. The molecule has 0 heterocycles. The molecule has 0 aliphatic heterocycles. The minimum Gasteiger partial charge on any atom is -0.323 e. The number of hydrogen-bond acceptors (Lipinski definition) is 4. The van der Waals surface area contributed by atoms with Crippen LogP contribution >= 0.6 is 0 Å². The Morgan fingerprint density at radius 3 is 2.91 bits per heavy atom. The number of nitrogens with two attached hydrogens (primary N) is 2.